The third-order valence-corrected chi connectivity index (χ3v) is 5.88. The molecule has 1 aliphatic rings. The lowest BCUT2D eigenvalue weighted by Crippen LogP contribution is -2.22. The van der Waals surface area contributed by atoms with Gasteiger partial charge in [-0.05, 0) is 36.4 Å². The number of hydrogen-bond donors (Lipinski definition) is 2. The van der Waals surface area contributed by atoms with Crippen molar-refractivity contribution in [3.8, 4) is 22.9 Å². The van der Waals surface area contributed by atoms with Crippen LogP contribution in [0.3, 0.4) is 0 Å². The summed E-state index contributed by atoms with van der Waals surface area (Å²) in [4.78, 5) is 30.3. The van der Waals surface area contributed by atoms with Crippen LogP contribution in [-0.2, 0) is 4.79 Å². The van der Waals surface area contributed by atoms with Gasteiger partial charge >= 0.3 is 0 Å². The summed E-state index contributed by atoms with van der Waals surface area (Å²) in [7, 11) is 1.57. The summed E-state index contributed by atoms with van der Waals surface area (Å²) in [5.41, 5.74) is 1.27. The van der Waals surface area contributed by atoms with Crippen molar-refractivity contribution < 1.29 is 19.0 Å². The molecule has 0 unspecified atom stereocenters. The zero-order chi connectivity index (χ0) is 22.8. The molecule has 1 amide bonds. The molecular weight excluding hydrogens is 446 g/mol. The molecule has 2 aromatic heterocycles. The van der Waals surface area contributed by atoms with E-state index in [1.54, 1.807) is 49.6 Å². The smallest absolute Gasteiger partial charge is 0.269 e. The van der Waals surface area contributed by atoms with Gasteiger partial charge in [0.05, 0.1) is 24.7 Å². The predicted molar refractivity (Wildman–Crippen MR) is 123 cm³/mol. The molecule has 2 N–H and O–H groups in total. The van der Waals surface area contributed by atoms with Crippen molar-refractivity contribution in [1.29, 1.82) is 0 Å². The third kappa shape index (κ3) is 4.22. The molecule has 1 aliphatic heterocycles. The zero-order valence-corrected chi connectivity index (χ0v) is 18.3. The van der Waals surface area contributed by atoms with Gasteiger partial charge in [-0.15, -0.1) is 0 Å². The highest BCUT2D eigenvalue weighted by molar-refractivity contribution is 7.99. The highest BCUT2D eigenvalue weighted by Gasteiger charge is 2.17. The van der Waals surface area contributed by atoms with E-state index in [1.165, 1.54) is 10.8 Å². The number of aromatic nitrogens is 4. The van der Waals surface area contributed by atoms with E-state index in [0.717, 1.165) is 11.8 Å². The molecule has 0 atom stereocenters. The van der Waals surface area contributed by atoms with Crippen LogP contribution in [0.4, 0.5) is 5.69 Å². The van der Waals surface area contributed by atoms with Crippen LogP contribution in [0.25, 0.3) is 16.7 Å². The van der Waals surface area contributed by atoms with Crippen molar-refractivity contribution >= 4 is 34.4 Å². The number of rotatable bonds is 6. The van der Waals surface area contributed by atoms with Gasteiger partial charge in [0.1, 0.15) is 24.3 Å². The molecule has 0 spiro atoms. The Hall–Kier alpha value is -3.99. The second kappa shape index (κ2) is 8.87. The van der Waals surface area contributed by atoms with E-state index in [1.807, 2.05) is 0 Å². The highest BCUT2D eigenvalue weighted by atomic mass is 32.2. The maximum absolute atomic E-state index is 13.1. The number of thioether (sulfide) groups is 1. The zero-order valence-electron chi connectivity index (χ0n) is 17.5. The monoisotopic (exact) mass is 465 g/mol. The van der Waals surface area contributed by atoms with Gasteiger partial charge in [0.15, 0.2) is 22.3 Å². The molecule has 10 nitrogen and oxygen atoms in total. The van der Waals surface area contributed by atoms with Gasteiger partial charge in [0, 0.05) is 11.8 Å². The Morgan fingerprint density at radius 2 is 1.97 bits per heavy atom. The SMILES string of the molecule is COc1ccc(-n2c(SCC(=O)Nc3ccc4c(c3)OCCO4)nc3[nH]ncc3c2=O)cc1. The number of H-pyrrole nitrogens is 1. The average Bonchev–Trinajstić information content (AvgIpc) is 3.32. The van der Waals surface area contributed by atoms with Gasteiger partial charge in [-0.1, -0.05) is 11.8 Å². The Balaban J connectivity index is 1.39. The summed E-state index contributed by atoms with van der Waals surface area (Å²) in [5.74, 6) is 1.69. The molecule has 11 heteroatoms. The predicted octanol–water partition coefficient (Wildman–Crippen LogP) is 2.62. The summed E-state index contributed by atoms with van der Waals surface area (Å²) in [6.45, 7) is 0.962. The fourth-order valence-corrected chi connectivity index (χ4v) is 4.18. The fourth-order valence-electron chi connectivity index (χ4n) is 3.38. The quantitative estimate of drug-likeness (QED) is 0.329. The molecule has 0 saturated heterocycles. The lowest BCUT2D eigenvalue weighted by atomic mass is 10.2. The van der Waals surface area contributed by atoms with Crippen LogP contribution in [0.2, 0.25) is 0 Å². The van der Waals surface area contributed by atoms with E-state index in [2.05, 4.69) is 20.5 Å². The summed E-state index contributed by atoms with van der Waals surface area (Å²) < 4.78 is 17.7. The van der Waals surface area contributed by atoms with Crippen LogP contribution in [0.5, 0.6) is 17.2 Å². The first-order chi connectivity index (χ1) is 16.1. The topological polar surface area (TPSA) is 120 Å². The van der Waals surface area contributed by atoms with E-state index < -0.39 is 0 Å². The summed E-state index contributed by atoms with van der Waals surface area (Å²) in [6.07, 6.45) is 1.44. The molecule has 0 radical (unpaired) electrons. The number of ether oxygens (including phenoxy) is 3. The average molecular weight is 465 g/mol. The first-order valence-electron chi connectivity index (χ1n) is 10.1. The maximum Gasteiger partial charge on any atom is 0.269 e. The first kappa shape index (κ1) is 20.9. The number of anilines is 1. The lowest BCUT2D eigenvalue weighted by Gasteiger charge is -2.19. The van der Waals surface area contributed by atoms with Gasteiger partial charge in [0.2, 0.25) is 5.91 Å². The Morgan fingerprint density at radius 3 is 2.76 bits per heavy atom. The van der Waals surface area contributed by atoms with Crippen molar-refractivity contribution in [2.45, 2.75) is 5.16 Å². The molecule has 168 valence electrons. The molecule has 4 aromatic rings. The number of methoxy groups -OCH3 is 1. The summed E-state index contributed by atoms with van der Waals surface area (Å²) in [5, 5.41) is 10.2. The van der Waals surface area contributed by atoms with Crippen molar-refractivity contribution in [3.05, 3.63) is 59.0 Å². The number of aromatic amines is 1. The number of hydrogen-bond acceptors (Lipinski definition) is 8. The minimum absolute atomic E-state index is 0.0384. The van der Waals surface area contributed by atoms with Crippen LogP contribution in [-0.4, -0.2) is 51.7 Å². The van der Waals surface area contributed by atoms with Gasteiger partial charge in [-0.25, -0.2) is 4.98 Å². The van der Waals surface area contributed by atoms with Gasteiger partial charge in [-0.3, -0.25) is 19.3 Å². The standard InChI is InChI=1S/C22H19N5O5S/c1-30-15-5-3-14(4-6-15)27-21(29)16-11-23-26-20(16)25-22(27)33-12-19(28)24-13-2-7-17-18(10-13)32-9-8-31-17/h2-7,10-11H,8-9,12H2,1H3,(H,23,26)(H,24,28). The van der Waals surface area contributed by atoms with Crippen LogP contribution in [0.1, 0.15) is 0 Å². The molecule has 0 fully saturated rings. The molecule has 5 rings (SSSR count). The molecule has 3 heterocycles. The van der Waals surface area contributed by atoms with Crippen molar-refractivity contribution in [3.63, 3.8) is 0 Å². The summed E-state index contributed by atoms with van der Waals surface area (Å²) >= 11 is 1.15. The normalized spacial score (nSPS) is 12.5. The van der Waals surface area contributed by atoms with E-state index in [-0.39, 0.29) is 17.2 Å². The maximum atomic E-state index is 13.1. The Labute approximate surface area is 191 Å². The van der Waals surface area contributed by atoms with Crippen molar-refractivity contribution in [1.82, 2.24) is 19.7 Å². The fraction of sp³-hybridized carbons (Fsp3) is 0.182. The van der Waals surface area contributed by atoms with Gasteiger partial charge < -0.3 is 19.5 Å². The van der Waals surface area contributed by atoms with Crippen molar-refractivity contribution in [2.75, 3.05) is 31.4 Å². The Bertz CT molecular complexity index is 1380. The number of amides is 1. The Kier molecular flexibility index (Phi) is 5.61. The Morgan fingerprint density at radius 1 is 1.18 bits per heavy atom. The second-order valence-corrected chi connectivity index (χ2v) is 8.00. The number of carbonyl (C=O) groups is 1. The molecule has 33 heavy (non-hydrogen) atoms. The van der Waals surface area contributed by atoms with Crippen molar-refractivity contribution in [2.24, 2.45) is 0 Å². The summed E-state index contributed by atoms with van der Waals surface area (Å²) in [6, 6.07) is 12.2. The number of benzene rings is 2. The lowest BCUT2D eigenvalue weighted by molar-refractivity contribution is -0.113. The van der Waals surface area contributed by atoms with Gasteiger partial charge in [0.25, 0.3) is 5.56 Å². The molecule has 0 saturated carbocycles. The van der Waals surface area contributed by atoms with Crippen LogP contribution < -0.4 is 25.1 Å². The molecule has 2 aromatic carbocycles. The second-order valence-electron chi connectivity index (χ2n) is 7.06. The highest BCUT2D eigenvalue weighted by Crippen LogP contribution is 2.32. The third-order valence-electron chi connectivity index (χ3n) is 4.94. The van der Waals surface area contributed by atoms with Crippen LogP contribution in [0, 0.1) is 0 Å². The molecular formula is C22H19N5O5S. The minimum atomic E-state index is -0.284. The van der Waals surface area contributed by atoms with E-state index >= 15 is 0 Å². The van der Waals surface area contributed by atoms with Crippen LogP contribution >= 0.6 is 11.8 Å². The molecule has 0 bridgehead atoms. The van der Waals surface area contributed by atoms with Gasteiger partial charge in [-0.2, -0.15) is 5.10 Å². The first-order valence-corrected chi connectivity index (χ1v) is 11.0. The number of fused-ring (bicyclic) bond motifs is 2. The largest absolute Gasteiger partial charge is 0.497 e. The molecule has 0 aliphatic carbocycles. The van der Waals surface area contributed by atoms with E-state index in [9.17, 15) is 9.59 Å². The van der Waals surface area contributed by atoms with Crippen LogP contribution in [0.15, 0.2) is 58.6 Å². The number of nitrogens with zero attached hydrogens (tertiary/aromatic N) is 3. The number of nitrogens with one attached hydrogen (secondary N) is 2. The van der Waals surface area contributed by atoms with E-state index in [0.29, 0.717) is 58.0 Å². The van der Waals surface area contributed by atoms with E-state index in [4.69, 9.17) is 14.2 Å². The number of carbonyl (C=O) groups excluding carboxylic acids is 1. The minimum Gasteiger partial charge on any atom is -0.497 e.